The molecule has 0 bridgehead atoms. The molecular weight excluding hydrogens is 283 g/mol. The molecule has 1 N–H and O–H groups in total. The molecule has 1 aromatic rings. The summed E-state index contributed by atoms with van der Waals surface area (Å²) in [5.74, 6) is 0.123. The summed E-state index contributed by atoms with van der Waals surface area (Å²) in [5, 5.41) is 4.25. The number of hydrogen-bond donors (Lipinski definition) is 1. The Kier molecular flexibility index (Phi) is 5.34. The zero-order chi connectivity index (χ0) is 13.7. The van der Waals surface area contributed by atoms with Crippen molar-refractivity contribution < 1.29 is 4.79 Å². The van der Waals surface area contributed by atoms with E-state index in [-0.39, 0.29) is 12.5 Å². The SMILES string of the molecule is O=C(CNc1cc(Cl)ccc1Cl)N1CCCCCC1. The van der Waals surface area contributed by atoms with E-state index in [0.717, 1.165) is 25.9 Å². The molecule has 3 nitrogen and oxygen atoms in total. The highest BCUT2D eigenvalue weighted by Gasteiger charge is 2.15. The van der Waals surface area contributed by atoms with Crippen LogP contribution in [0.3, 0.4) is 0 Å². The highest BCUT2D eigenvalue weighted by molar-refractivity contribution is 6.35. The number of nitrogens with one attached hydrogen (secondary N) is 1. The fourth-order valence-corrected chi connectivity index (χ4v) is 2.59. The number of benzene rings is 1. The summed E-state index contributed by atoms with van der Waals surface area (Å²) in [6, 6.07) is 5.19. The Morgan fingerprint density at radius 3 is 2.53 bits per heavy atom. The van der Waals surface area contributed by atoms with E-state index in [1.807, 2.05) is 4.90 Å². The van der Waals surface area contributed by atoms with Crippen LogP contribution in [0.25, 0.3) is 0 Å². The maximum Gasteiger partial charge on any atom is 0.241 e. The van der Waals surface area contributed by atoms with Gasteiger partial charge >= 0.3 is 0 Å². The van der Waals surface area contributed by atoms with Crippen LogP contribution in [0.1, 0.15) is 25.7 Å². The number of nitrogens with zero attached hydrogens (tertiary/aromatic N) is 1. The van der Waals surface area contributed by atoms with Crippen LogP contribution in [-0.2, 0) is 4.79 Å². The molecule has 0 aliphatic carbocycles. The molecule has 1 amide bonds. The molecule has 0 spiro atoms. The Labute approximate surface area is 123 Å². The summed E-state index contributed by atoms with van der Waals surface area (Å²) in [5.41, 5.74) is 0.706. The van der Waals surface area contributed by atoms with E-state index in [9.17, 15) is 4.79 Å². The first-order valence-corrected chi connectivity index (χ1v) is 7.39. The minimum atomic E-state index is 0.123. The molecule has 0 saturated carbocycles. The number of anilines is 1. The van der Waals surface area contributed by atoms with Gasteiger partial charge in [0.2, 0.25) is 5.91 Å². The van der Waals surface area contributed by atoms with Crippen LogP contribution in [0, 0.1) is 0 Å². The van der Waals surface area contributed by atoms with E-state index in [0.29, 0.717) is 15.7 Å². The maximum atomic E-state index is 12.1. The second-order valence-corrected chi connectivity index (χ2v) is 5.62. The normalized spacial score (nSPS) is 16.0. The summed E-state index contributed by atoms with van der Waals surface area (Å²) in [6.07, 6.45) is 4.64. The number of rotatable bonds is 3. The third-order valence-electron chi connectivity index (χ3n) is 3.32. The van der Waals surface area contributed by atoms with Crippen molar-refractivity contribution in [3.8, 4) is 0 Å². The summed E-state index contributed by atoms with van der Waals surface area (Å²) < 4.78 is 0. The van der Waals surface area contributed by atoms with Crippen molar-refractivity contribution in [1.29, 1.82) is 0 Å². The molecule has 1 aromatic carbocycles. The molecular formula is C14H18Cl2N2O. The van der Waals surface area contributed by atoms with Crippen molar-refractivity contribution in [3.05, 3.63) is 28.2 Å². The van der Waals surface area contributed by atoms with Crippen LogP contribution >= 0.6 is 23.2 Å². The van der Waals surface area contributed by atoms with E-state index >= 15 is 0 Å². The van der Waals surface area contributed by atoms with Crippen molar-refractivity contribution >= 4 is 34.8 Å². The quantitative estimate of drug-likeness (QED) is 0.920. The lowest BCUT2D eigenvalue weighted by Gasteiger charge is -2.21. The average molecular weight is 301 g/mol. The molecule has 1 heterocycles. The number of hydrogen-bond acceptors (Lipinski definition) is 2. The third kappa shape index (κ3) is 4.29. The lowest BCUT2D eigenvalue weighted by atomic mass is 10.2. The lowest BCUT2D eigenvalue weighted by molar-refractivity contribution is -0.129. The van der Waals surface area contributed by atoms with Gasteiger partial charge < -0.3 is 10.2 Å². The topological polar surface area (TPSA) is 32.3 Å². The Morgan fingerprint density at radius 1 is 1.16 bits per heavy atom. The molecule has 1 saturated heterocycles. The Bertz CT molecular complexity index is 443. The predicted molar refractivity (Wildman–Crippen MR) is 80.0 cm³/mol. The van der Waals surface area contributed by atoms with Crippen molar-refractivity contribution in [1.82, 2.24) is 4.90 Å². The largest absolute Gasteiger partial charge is 0.375 e. The van der Waals surface area contributed by atoms with Gasteiger partial charge in [0.1, 0.15) is 0 Å². The van der Waals surface area contributed by atoms with Crippen LogP contribution in [0.4, 0.5) is 5.69 Å². The van der Waals surface area contributed by atoms with Gasteiger partial charge in [0, 0.05) is 18.1 Å². The van der Waals surface area contributed by atoms with Crippen LogP contribution in [-0.4, -0.2) is 30.4 Å². The van der Waals surface area contributed by atoms with Gasteiger partial charge in [-0.05, 0) is 31.0 Å². The van der Waals surface area contributed by atoms with Gasteiger partial charge in [0.15, 0.2) is 0 Å². The Hall–Kier alpha value is -0.930. The van der Waals surface area contributed by atoms with Gasteiger partial charge in [-0.1, -0.05) is 36.0 Å². The van der Waals surface area contributed by atoms with E-state index in [1.165, 1.54) is 12.8 Å². The van der Waals surface area contributed by atoms with Crippen molar-refractivity contribution in [3.63, 3.8) is 0 Å². The molecule has 1 fully saturated rings. The predicted octanol–water partition coefficient (Wildman–Crippen LogP) is 3.81. The van der Waals surface area contributed by atoms with Crippen LogP contribution < -0.4 is 5.32 Å². The first-order valence-electron chi connectivity index (χ1n) is 6.63. The molecule has 0 atom stereocenters. The summed E-state index contributed by atoms with van der Waals surface area (Å²) in [6.45, 7) is 1.99. The van der Waals surface area contributed by atoms with E-state index in [1.54, 1.807) is 18.2 Å². The summed E-state index contributed by atoms with van der Waals surface area (Å²) >= 11 is 12.0. The lowest BCUT2D eigenvalue weighted by Crippen LogP contribution is -2.36. The zero-order valence-corrected chi connectivity index (χ0v) is 12.3. The van der Waals surface area contributed by atoms with Gasteiger partial charge in [-0.3, -0.25) is 4.79 Å². The number of likely N-dealkylation sites (tertiary alicyclic amines) is 1. The standard InChI is InChI=1S/C14H18Cl2N2O/c15-11-5-6-12(16)13(9-11)17-10-14(19)18-7-3-1-2-4-8-18/h5-6,9,17H,1-4,7-8,10H2. The Balaban J connectivity index is 1.90. The second kappa shape index (κ2) is 7.01. The Morgan fingerprint density at radius 2 is 1.84 bits per heavy atom. The van der Waals surface area contributed by atoms with Gasteiger partial charge in [0.25, 0.3) is 0 Å². The maximum absolute atomic E-state index is 12.1. The zero-order valence-electron chi connectivity index (χ0n) is 10.8. The fourth-order valence-electron chi connectivity index (χ4n) is 2.24. The first-order chi connectivity index (χ1) is 9.16. The smallest absolute Gasteiger partial charge is 0.241 e. The minimum Gasteiger partial charge on any atom is -0.375 e. The van der Waals surface area contributed by atoms with E-state index < -0.39 is 0 Å². The van der Waals surface area contributed by atoms with Gasteiger partial charge in [-0.25, -0.2) is 0 Å². The summed E-state index contributed by atoms with van der Waals surface area (Å²) in [4.78, 5) is 14.0. The van der Waals surface area contributed by atoms with Crippen LogP contribution in [0.15, 0.2) is 18.2 Å². The number of amides is 1. The first kappa shape index (κ1) is 14.5. The van der Waals surface area contributed by atoms with Crippen molar-refractivity contribution in [2.45, 2.75) is 25.7 Å². The average Bonchev–Trinajstić information content (AvgIpc) is 2.68. The van der Waals surface area contributed by atoms with Gasteiger partial charge in [0.05, 0.1) is 17.3 Å². The molecule has 0 unspecified atom stereocenters. The van der Waals surface area contributed by atoms with E-state index in [4.69, 9.17) is 23.2 Å². The summed E-state index contributed by atoms with van der Waals surface area (Å²) in [7, 11) is 0. The molecule has 104 valence electrons. The number of halogens is 2. The molecule has 2 rings (SSSR count). The number of carbonyl (C=O) groups excluding carboxylic acids is 1. The molecule has 1 aliphatic rings. The number of carbonyl (C=O) groups is 1. The molecule has 19 heavy (non-hydrogen) atoms. The van der Waals surface area contributed by atoms with Crippen molar-refractivity contribution in [2.24, 2.45) is 0 Å². The molecule has 0 aromatic heterocycles. The fraction of sp³-hybridized carbons (Fsp3) is 0.500. The third-order valence-corrected chi connectivity index (χ3v) is 3.88. The molecule has 5 heteroatoms. The molecule has 0 radical (unpaired) electrons. The molecule has 1 aliphatic heterocycles. The van der Waals surface area contributed by atoms with Crippen molar-refractivity contribution in [2.75, 3.05) is 25.0 Å². The van der Waals surface area contributed by atoms with Crippen LogP contribution in [0.2, 0.25) is 10.0 Å². The highest BCUT2D eigenvalue weighted by Crippen LogP contribution is 2.25. The van der Waals surface area contributed by atoms with Gasteiger partial charge in [-0.15, -0.1) is 0 Å². The monoisotopic (exact) mass is 300 g/mol. The van der Waals surface area contributed by atoms with E-state index in [2.05, 4.69) is 5.32 Å². The minimum absolute atomic E-state index is 0.123. The highest BCUT2D eigenvalue weighted by atomic mass is 35.5. The second-order valence-electron chi connectivity index (χ2n) is 4.77. The van der Waals surface area contributed by atoms with Crippen LogP contribution in [0.5, 0.6) is 0 Å². The van der Waals surface area contributed by atoms with Gasteiger partial charge in [-0.2, -0.15) is 0 Å².